The molecule has 29 heavy (non-hydrogen) atoms. The molecule has 146 valence electrons. The summed E-state index contributed by atoms with van der Waals surface area (Å²) in [7, 11) is 0. The van der Waals surface area contributed by atoms with E-state index in [1.54, 1.807) is 12.1 Å². The van der Waals surface area contributed by atoms with E-state index in [4.69, 9.17) is 9.15 Å². The second kappa shape index (κ2) is 8.02. The van der Waals surface area contributed by atoms with E-state index in [0.717, 1.165) is 21.9 Å². The van der Waals surface area contributed by atoms with Crippen molar-refractivity contribution in [2.75, 3.05) is 6.61 Å². The molecule has 4 rings (SSSR count). The van der Waals surface area contributed by atoms with Crippen molar-refractivity contribution in [2.24, 2.45) is 0 Å². The van der Waals surface area contributed by atoms with Gasteiger partial charge in [0.1, 0.15) is 22.7 Å². The van der Waals surface area contributed by atoms with Gasteiger partial charge in [-0.3, -0.25) is 20.4 Å². The van der Waals surface area contributed by atoms with Gasteiger partial charge in [-0.15, -0.1) is 0 Å². The summed E-state index contributed by atoms with van der Waals surface area (Å²) in [4.78, 5) is 23.8. The lowest BCUT2D eigenvalue weighted by molar-refractivity contribution is -0.129. The van der Waals surface area contributed by atoms with Crippen LogP contribution in [0.3, 0.4) is 0 Å². The zero-order valence-corrected chi connectivity index (χ0v) is 15.3. The molecule has 0 atom stereocenters. The third kappa shape index (κ3) is 4.35. The van der Waals surface area contributed by atoms with Crippen LogP contribution in [0.4, 0.5) is 4.39 Å². The molecule has 0 spiro atoms. The van der Waals surface area contributed by atoms with E-state index in [2.05, 4.69) is 10.9 Å². The molecule has 1 aromatic heterocycles. The summed E-state index contributed by atoms with van der Waals surface area (Å²) in [6.07, 6.45) is 0.0195. The first-order chi connectivity index (χ1) is 14.1. The zero-order chi connectivity index (χ0) is 20.2. The summed E-state index contributed by atoms with van der Waals surface area (Å²) in [5.41, 5.74) is 6.74. The van der Waals surface area contributed by atoms with Gasteiger partial charge in [0, 0.05) is 10.8 Å². The molecule has 1 heterocycles. The Labute approximate surface area is 165 Å². The van der Waals surface area contributed by atoms with Crippen LogP contribution in [-0.4, -0.2) is 18.4 Å². The van der Waals surface area contributed by atoms with E-state index in [9.17, 15) is 14.0 Å². The second-order valence-electron chi connectivity index (χ2n) is 6.44. The number of ether oxygens (including phenoxy) is 1. The molecule has 0 saturated carbocycles. The van der Waals surface area contributed by atoms with Crippen molar-refractivity contribution in [1.29, 1.82) is 0 Å². The summed E-state index contributed by atoms with van der Waals surface area (Å²) in [6, 6.07) is 18.5. The fourth-order valence-electron chi connectivity index (χ4n) is 2.95. The van der Waals surface area contributed by atoms with Crippen LogP contribution in [0.15, 0.2) is 71.1 Å². The van der Waals surface area contributed by atoms with Gasteiger partial charge in [0.15, 0.2) is 6.61 Å². The first kappa shape index (κ1) is 18.5. The first-order valence-corrected chi connectivity index (χ1v) is 8.95. The number of para-hydroxylation sites is 1. The van der Waals surface area contributed by atoms with Gasteiger partial charge in [0.2, 0.25) is 5.91 Å². The standard InChI is InChI=1S/C22H17FN2O4/c23-15-7-5-14(6-8-15)11-21(26)24-25-22(27)13-28-16-9-10-20-18(12-16)17-3-1-2-4-19(17)29-20/h1-10,12H,11,13H2,(H,24,26)(H,25,27). The number of furan rings is 1. The summed E-state index contributed by atoms with van der Waals surface area (Å²) in [5, 5.41) is 1.86. The zero-order valence-electron chi connectivity index (χ0n) is 15.3. The van der Waals surface area contributed by atoms with Gasteiger partial charge in [-0.05, 0) is 42.0 Å². The van der Waals surface area contributed by atoms with Crippen molar-refractivity contribution < 1.29 is 23.1 Å². The normalized spacial score (nSPS) is 10.8. The smallest absolute Gasteiger partial charge is 0.276 e. The van der Waals surface area contributed by atoms with E-state index in [0.29, 0.717) is 11.3 Å². The summed E-state index contributed by atoms with van der Waals surface area (Å²) in [5.74, 6) is -0.788. The van der Waals surface area contributed by atoms with E-state index in [1.807, 2.05) is 30.3 Å². The quantitative estimate of drug-likeness (QED) is 0.510. The van der Waals surface area contributed by atoms with Crippen LogP contribution < -0.4 is 15.6 Å². The number of hydrogen-bond donors (Lipinski definition) is 2. The molecule has 0 aliphatic heterocycles. The predicted molar refractivity (Wildman–Crippen MR) is 106 cm³/mol. The average Bonchev–Trinajstić information content (AvgIpc) is 3.10. The molecule has 0 radical (unpaired) electrons. The van der Waals surface area contributed by atoms with Crippen molar-refractivity contribution in [3.63, 3.8) is 0 Å². The third-order valence-corrected chi connectivity index (χ3v) is 4.34. The van der Waals surface area contributed by atoms with Crippen LogP contribution in [0.1, 0.15) is 5.56 Å². The minimum atomic E-state index is -0.505. The van der Waals surface area contributed by atoms with E-state index >= 15 is 0 Å². The highest BCUT2D eigenvalue weighted by Crippen LogP contribution is 2.31. The number of amides is 2. The van der Waals surface area contributed by atoms with Gasteiger partial charge < -0.3 is 9.15 Å². The largest absolute Gasteiger partial charge is 0.484 e. The average molecular weight is 392 g/mol. The van der Waals surface area contributed by atoms with Crippen LogP contribution in [-0.2, 0) is 16.0 Å². The molecule has 2 N–H and O–H groups in total. The van der Waals surface area contributed by atoms with Crippen molar-refractivity contribution in [2.45, 2.75) is 6.42 Å². The Bertz CT molecular complexity index is 1180. The fourth-order valence-corrected chi connectivity index (χ4v) is 2.95. The SMILES string of the molecule is O=C(COc1ccc2oc3ccccc3c2c1)NNC(=O)Cc1ccc(F)cc1. The molecule has 0 fully saturated rings. The Morgan fingerprint density at radius 2 is 1.59 bits per heavy atom. The van der Waals surface area contributed by atoms with Crippen LogP contribution in [0.25, 0.3) is 21.9 Å². The highest BCUT2D eigenvalue weighted by Gasteiger charge is 2.10. The maximum absolute atomic E-state index is 12.9. The number of benzene rings is 3. The number of carbonyl (C=O) groups is 2. The Morgan fingerprint density at radius 1 is 0.862 bits per heavy atom. The number of fused-ring (bicyclic) bond motifs is 3. The van der Waals surface area contributed by atoms with Gasteiger partial charge in [-0.25, -0.2) is 4.39 Å². The van der Waals surface area contributed by atoms with Gasteiger partial charge in [0.05, 0.1) is 6.42 Å². The minimum Gasteiger partial charge on any atom is -0.484 e. The number of nitrogens with one attached hydrogen (secondary N) is 2. The van der Waals surface area contributed by atoms with Gasteiger partial charge in [0.25, 0.3) is 5.91 Å². The monoisotopic (exact) mass is 392 g/mol. The Morgan fingerprint density at radius 3 is 2.41 bits per heavy atom. The molecule has 2 amide bonds. The highest BCUT2D eigenvalue weighted by molar-refractivity contribution is 6.05. The number of hydrazine groups is 1. The molecular formula is C22H17FN2O4. The number of carbonyl (C=O) groups excluding carboxylic acids is 2. The number of hydrogen-bond acceptors (Lipinski definition) is 4. The van der Waals surface area contributed by atoms with Crippen LogP contribution in [0.5, 0.6) is 5.75 Å². The molecule has 7 heteroatoms. The molecule has 0 aliphatic rings. The van der Waals surface area contributed by atoms with Gasteiger partial charge in [-0.2, -0.15) is 0 Å². The molecule has 6 nitrogen and oxygen atoms in total. The third-order valence-electron chi connectivity index (χ3n) is 4.34. The van der Waals surface area contributed by atoms with E-state index in [1.165, 1.54) is 24.3 Å². The molecule has 0 saturated heterocycles. The van der Waals surface area contributed by atoms with E-state index < -0.39 is 11.8 Å². The molecule has 3 aromatic carbocycles. The minimum absolute atomic E-state index is 0.0195. The van der Waals surface area contributed by atoms with Crippen molar-refractivity contribution in [3.8, 4) is 5.75 Å². The topological polar surface area (TPSA) is 80.6 Å². The summed E-state index contributed by atoms with van der Waals surface area (Å²) < 4.78 is 24.1. The summed E-state index contributed by atoms with van der Waals surface area (Å²) >= 11 is 0. The molecular weight excluding hydrogens is 375 g/mol. The Kier molecular flexibility index (Phi) is 5.11. The van der Waals surface area contributed by atoms with Crippen LogP contribution in [0.2, 0.25) is 0 Å². The van der Waals surface area contributed by atoms with Crippen LogP contribution >= 0.6 is 0 Å². The fraction of sp³-hybridized carbons (Fsp3) is 0.0909. The maximum Gasteiger partial charge on any atom is 0.276 e. The van der Waals surface area contributed by atoms with Crippen molar-refractivity contribution >= 4 is 33.8 Å². The van der Waals surface area contributed by atoms with Crippen molar-refractivity contribution in [1.82, 2.24) is 10.9 Å². The van der Waals surface area contributed by atoms with E-state index in [-0.39, 0.29) is 18.8 Å². The van der Waals surface area contributed by atoms with Crippen LogP contribution in [0, 0.1) is 5.82 Å². The first-order valence-electron chi connectivity index (χ1n) is 8.95. The number of rotatable bonds is 5. The predicted octanol–water partition coefficient (Wildman–Crippen LogP) is 3.49. The lowest BCUT2D eigenvalue weighted by Gasteiger charge is -2.09. The lowest BCUT2D eigenvalue weighted by Crippen LogP contribution is -2.44. The maximum atomic E-state index is 12.9. The molecule has 0 unspecified atom stereocenters. The van der Waals surface area contributed by atoms with Gasteiger partial charge in [-0.1, -0.05) is 30.3 Å². The van der Waals surface area contributed by atoms with Gasteiger partial charge >= 0.3 is 0 Å². The lowest BCUT2D eigenvalue weighted by atomic mass is 10.1. The second-order valence-corrected chi connectivity index (χ2v) is 6.44. The van der Waals surface area contributed by atoms with Crippen molar-refractivity contribution in [3.05, 3.63) is 78.1 Å². The summed E-state index contributed by atoms with van der Waals surface area (Å²) in [6.45, 7) is -0.266. The molecule has 0 aliphatic carbocycles. The highest BCUT2D eigenvalue weighted by atomic mass is 19.1. The Hall–Kier alpha value is -3.87. The molecule has 4 aromatic rings. The Balaban J connectivity index is 1.30. The number of halogens is 1. The molecule has 0 bridgehead atoms.